The number of fused-ring (bicyclic) bond motifs is 1. The number of amides is 1. The number of rotatable bonds is 5. The summed E-state index contributed by atoms with van der Waals surface area (Å²) in [6, 6.07) is 17.7. The quantitative estimate of drug-likeness (QED) is 0.549. The number of hydrogen-bond donors (Lipinski definition) is 3. The van der Waals surface area contributed by atoms with Crippen LogP contribution in [0.5, 0.6) is 0 Å². The van der Waals surface area contributed by atoms with E-state index in [0.29, 0.717) is 22.0 Å². The Kier molecular flexibility index (Phi) is 6.33. The highest BCUT2D eigenvalue weighted by Crippen LogP contribution is 2.31. The van der Waals surface area contributed by atoms with Gasteiger partial charge in [0.1, 0.15) is 0 Å². The van der Waals surface area contributed by atoms with Gasteiger partial charge in [0, 0.05) is 28.1 Å². The molecule has 3 aromatic rings. The number of hydrogen-bond acceptors (Lipinski definition) is 4. The molecule has 0 bridgehead atoms. The number of benzene rings is 3. The molecule has 0 unspecified atom stereocenters. The van der Waals surface area contributed by atoms with Crippen molar-refractivity contribution in [2.24, 2.45) is 11.8 Å². The summed E-state index contributed by atoms with van der Waals surface area (Å²) in [5.74, 6) is 0.152. The topological polar surface area (TPSA) is 87.3 Å². The zero-order valence-electron chi connectivity index (χ0n) is 18.6. The lowest BCUT2D eigenvalue weighted by Gasteiger charge is -2.35. The van der Waals surface area contributed by atoms with E-state index in [1.54, 1.807) is 24.3 Å². The molecule has 168 valence electrons. The van der Waals surface area contributed by atoms with Gasteiger partial charge in [0.05, 0.1) is 4.90 Å². The lowest BCUT2D eigenvalue weighted by molar-refractivity contribution is 0.102. The van der Waals surface area contributed by atoms with E-state index < -0.39 is 10.0 Å². The number of piperidine rings is 1. The van der Waals surface area contributed by atoms with Crippen LogP contribution in [-0.2, 0) is 10.0 Å². The van der Waals surface area contributed by atoms with Crippen LogP contribution in [0.3, 0.4) is 0 Å². The van der Waals surface area contributed by atoms with Crippen molar-refractivity contribution >= 4 is 32.4 Å². The Bertz CT molecular complexity index is 1250. The minimum atomic E-state index is -3.75. The van der Waals surface area contributed by atoms with Crippen molar-refractivity contribution < 1.29 is 13.2 Å². The molecule has 3 N–H and O–H groups in total. The van der Waals surface area contributed by atoms with Crippen molar-refractivity contribution in [3.05, 3.63) is 71.8 Å². The van der Waals surface area contributed by atoms with Crippen LogP contribution in [0.15, 0.2) is 65.6 Å². The predicted octanol–water partition coefficient (Wildman–Crippen LogP) is 3.92. The second-order valence-corrected chi connectivity index (χ2v) is 10.4. The van der Waals surface area contributed by atoms with Crippen molar-refractivity contribution in [2.75, 3.05) is 18.4 Å². The van der Waals surface area contributed by atoms with Crippen molar-refractivity contribution in [3.63, 3.8) is 0 Å². The molecular formula is C25H29N3O3S. The van der Waals surface area contributed by atoms with Gasteiger partial charge in [-0.3, -0.25) is 4.79 Å². The SMILES string of the molecule is Cc1ccccc1C(=O)Nc1ccc(S(=O)(=O)N[C@@H]2[C@H](C)CNC[C@@H]2C)c2ccccc12. The first-order chi connectivity index (χ1) is 15.3. The van der Waals surface area contributed by atoms with E-state index in [0.717, 1.165) is 18.7 Å². The summed E-state index contributed by atoms with van der Waals surface area (Å²) in [6.45, 7) is 7.55. The van der Waals surface area contributed by atoms with Crippen LogP contribution in [0.2, 0.25) is 0 Å². The van der Waals surface area contributed by atoms with E-state index in [4.69, 9.17) is 0 Å². The molecule has 0 aromatic heterocycles. The van der Waals surface area contributed by atoms with E-state index in [9.17, 15) is 13.2 Å². The Hall–Kier alpha value is -2.74. The molecule has 6 nitrogen and oxygen atoms in total. The molecule has 1 heterocycles. The van der Waals surface area contributed by atoms with Crippen molar-refractivity contribution in [2.45, 2.75) is 31.7 Å². The van der Waals surface area contributed by atoms with E-state index in [1.165, 1.54) is 0 Å². The lowest BCUT2D eigenvalue weighted by atomic mass is 9.88. The summed E-state index contributed by atoms with van der Waals surface area (Å²) >= 11 is 0. The molecule has 0 saturated carbocycles. The van der Waals surface area contributed by atoms with Crippen LogP contribution in [0, 0.1) is 18.8 Å². The van der Waals surface area contributed by atoms with E-state index in [-0.39, 0.29) is 28.7 Å². The standard InChI is InChI=1S/C25H29N3O3S/c1-16-8-4-5-9-19(16)25(29)27-22-12-13-23(21-11-7-6-10-20(21)22)32(30,31)28-24-17(2)14-26-15-18(24)3/h4-13,17-18,24,26,28H,14-15H2,1-3H3,(H,27,29)/t17-,18+,24-. The number of sulfonamides is 1. The summed E-state index contributed by atoms with van der Waals surface area (Å²) in [5.41, 5.74) is 2.04. The minimum absolute atomic E-state index is 0.138. The Balaban J connectivity index is 1.69. The summed E-state index contributed by atoms with van der Waals surface area (Å²) in [5, 5.41) is 7.56. The van der Waals surface area contributed by atoms with Gasteiger partial charge >= 0.3 is 0 Å². The van der Waals surface area contributed by atoms with E-state index in [2.05, 4.69) is 29.2 Å². The summed E-state index contributed by atoms with van der Waals surface area (Å²) in [6.07, 6.45) is 0. The highest BCUT2D eigenvalue weighted by atomic mass is 32.2. The molecule has 7 heteroatoms. The van der Waals surface area contributed by atoms with Crippen LogP contribution < -0.4 is 15.4 Å². The fourth-order valence-corrected chi connectivity index (χ4v) is 6.13. The summed E-state index contributed by atoms with van der Waals surface area (Å²) in [4.78, 5) is 13.1. The maximum Gasteiger partial charge on any atom is 0.255 e. The van der Waals surface area contributed by atoms with Gasteiger partial charge in [-0.15, -0.1) is 0 Å². The number of carbonyl (C=O) groups excluding carboxylic acids is 1. The third-order valence-electron chi connectivity index (χ3n) is 6.26. The molecule has 1 aliphatic rings. The molecule has 32 heavy (non-hydrogen) atoms. The van der Waals surface area contributed by atoms with Gasteiger partial charge in [0.2, 0.25) is 10.0 Å². The van der Waals surface area contributed by atoms with Gasteiger partial charge < -0.3 is 10.6 Å². The zero-order valence-corrected chi connectivity index (χ0v) is 19.4. The van der Waals surface area contributed by atoms with Crippen LogP contribution in [0.1, 0.15) is 29.8 Å². The lowest BCUT2D eigenvalue weighted by Crippen LogP contribution is -2.53. The first kappa shape index (κ1) is 22.5. The monoisotopic (exact) mass is 451 g/mol. The maximum atomic E-state index is 13.4. The van der Waals surface area contributed by atoms with Crippen LogP contribution in [-0.4, -0.2) is 33.5 Å². The number of anilines is 1. The number of carbonyl (C=O) groups is 1. The Labute approximate surface area is 189 Å². The van der Waals surface area contributed by atoms with E-state index >= 15 is 0 Å². The fourth-order valence-electron chi connectivity index (χ4n) is 4.46. The van der Waals surface area contributed by atoms with Gasteiger partial charge in [0.15, 0.2) is 0 Å². The Morgan fingerprint density at radius 3 is 2.22 bits per heavy atom. The molecule has 1 saturated heterocycles. The average Bonchev–Trinajstić information content (AvgIpc) is 2.77. The fraction of sp³-hybridized carbons (Fsp3) is 0.320. The molecule has 0 spiro atoms. The van der Waals surface area contributed by atoms with Gasteiger partial charge in [-0.05, 0) is 55.6 Å². The van der Waals surface area contributed by atoms with Gasteiger partial charge in [0.25, 0.3) is 5.91 Å². The van der Waals surface area contributed by atoms with Gasteiger partial charge in [-0.25, -0.2) is 13.1 Å². The van der Waals surface area contributed by atoms with Gasteiger partial charge in [-0.1, -0.05) is 56.3 Å². The summed E-state index contributed by atoms with van der Waals surface area (Å²) in [7, 11) is -3.75. The zero-order chi connectivity index (χ0) is 22.9. The molecule has 1 aliphatic heterocycles. The molecular weight excluding hydrogens is 422 g/mol. The maximum absolute atomic E-state index is 13.4. The molecule has 4 rings (SSSR count). The van der Waals surface area contributed by atoms with Crippen molar-refractivity contribution in [3.8, 4) is 0 Å². The Morgan fingerprint density at radius 2 is 1.53 bits per heavy atom. The normalized spacial score (nSPS) is 21.4. The number of aryl methyl sites for hydroxylation is 1. The predicted molar refractivity (Wildman–Crippen MR) is 128 cm³/mol. The van der Waals surface area contributed by atoms with E-state index in [1.807, 2.05) is 43.3 Å². The van der Waals surface area contributed by atoms with Crippen LogP contribution in [0.4, 0.5) is 5.69 Å². The Morgan fingerprint density at radius 1 is 0.906 bits per heavy atom. The molecule has 1 amide bonds. The highest BCUT2D eigenvalue weighted by Gasteiger charge is 2.32. The average molecular weight is 452 g/mol. The molecule has 0 aliphatic carbocycles. The van der Waals surface area contributed by atoms with Crippen LogP contribution in [0.25, 0.3) is 10.8 Å². The highest BCUT2D eigenvalue weighted by molar-refractivity contribution is 7.89. The molecule has 1 fully saturated rings. The molecule has 0 radical (unpaired) electrons. The molecule has 3 atom stereocenters. The second-order valence-electron chi connectivity index (χ2n) is 8.69. The number of nitrogens with one attached hydrogen (secondary N) is 3. The third-order valence-corrected chi connectivity index (χ3v) is 7.78. The van der Waals surface area contributed by atoms with Crippen molar-refractivity contribution in [1.82, 2.24) is 10.0 Å². The minimum Gasteiger partial charge on any atom is -0.321 e. The van der Waals surface area contributed by atoms with Crippen LogP contribution >= 0.6 is 0 Å². The first-order valence-electron chi connectivity index (χ1n) is 10.9. The third kappa shape index (κ3) is 4.41. The molecule has 3 aromatic carbocycles. The first-order valence-corrected chi connectivity index (χ1v) is 12.4. The smallest absolute Gasteiger partial charge is 0.255 e. The van der Waals surface area contributed by atoms with Gasteiger partial charge in [-0.2, -0.15) is 0 Å². The van der Waals surface area contributed by atoms with Crippen molar-refractivity contribution in [1.29, 1.82) is 0 Å². The largest absolute Gasteiger partial charge is 0.321 e. The summed E-state index contributed by atoms with van der Waals surface area (Å²) < 4.78 is 29.7. The second kappa shape index (κ2) is 9.02.